The second-order valence-electron chi connectivity index (χ2n) is 9.17. The van der Waals surface area contributed by atoms with Gasteiger partial charge < -0.3 is 24.4 Å². The molecule has 1 aliphatic carbocycles. The normalized spacial score (nSPS) is 26.1. The summed E-state index contributed by atoms with van der Waals surface area (Å²) in [5.74, 6) is -0.746. The molecule has 0 aromatic heterocycles. The zero-order valence-corrected chi connectivity index (χ0v) is 20.5. The number of carbonyl (C=O) groups is 2. The molecule has 0 amide bonds. The molecule has 0 spiro atoms. The van der Waals surface area contributed by atoms with Gasteiger partial charge in [-0.25, -0.2) is 0 Å². The van der Waals surface area contributed by atoms with Crippen molar-refractivity contribution in [1.29, 1.82) is 0 Å². The molecule has 32 heavy (non-hydrogen) atoms. The molecule has 0 aliphatic heterocycles. The Hall–Kier alpha value is -1.44. The first-order chi connectivity index (χ1) is 15.2. The minimum absolute atomic E-state index is 0.0117. The van der Waals surface area contributed by atoms with E-state index in [9.17, 15) is 19.8 Å². The van der Waals surface area contributed by atoms with E-state index in [2.05, 4.69) is 11.7 Å². The summed E-state index contributed by atoms with van der Waals surface area (Å²) in [6.07, 6.45) is 9.76. The average Bonchev–Trinajstić information content (AvgIpc) is 3.05. The van der Waals surface area contributed by atoms with Crippen molar-refractivity contribution in [2.75, 3.05) is 14.2 Å². The van der Waals surface area contributed by atoms with Crippen molar-refractivity contribution in [2.24, 2.45) is 11.8 Å². The molecule has 1 saturated carbocycles. The van der Waals surface area contributed by atoms with E-state index in [1.165, 1.54) is 14.0 Å². The predicted molar refractivity (Wildman–Crippen MR) is 123 cm³/mol. The Kier molecular flexibility index (Phi) is 13.1. The second kappa shape index (κ2) is 14.7. The summed E-state index contributed by atoms with van der Waals surface area (Å²) in [4.78, 5) is 22.8. The fraction of sp³-hybridized carbons (Fsp3) is 0.840. The molecule has 2 unspecified atom stereocenters. The highest BCUT2D eigenvalue weighted by Gasteiger charge is 2.43. The number of methoxy groups -OCH3 is 2. The minimum atomic E-state index is -0.794. The van der Waals surface area contributed by atoms with E-state index in [1.807, 2.05) is 13.0 Å². The van der Waals surface area contributed by atoms with Gasteiger partial charge in [0.15, 0.2) is 0 Å². The largest absolute Gasteiger partial charge is 0.469 e. The predicted octanol–water partition coefficient (Wildman–Crippen LogP) is 3.94. The zero-order chi connectivity index (χ0) is 24.1. The van der Waals surface area contributed by atoms with E-state index in [4.69, 9.17) is 9.47 Å². The Morgan fingerprint density at radius 1 is 1.16 bits per heavy atom. The van der Waals surface area contributed by atoms with Crippen LogP contribution in [-0.4, -0.2) is 60.3 Å². The van der Waals surface area contributed by atoms with E-state index in [0.717, 1.165) is 51.4 Å². The monoisotopic (exact) mass is 456 g/mol. The van der Waals surface area contributed by atoms with Gasteiger partial charge in [-0.05, 0) is 26.2 Å². The number of carbonyl (C=O) groups excluding carboxylic acids is 2. The van der Waals surface area contributed by atoms with Crippen LogP contribution in [-0.2, 0) is 23.8 Å². The van der Waals surface area contributed by atoms with E-state index in [1.54, 1.807) is 13.2 Å². The lowest BCUT2D eigenvalue weighted by molar-refractivity contribution is -0.148. The van der Waals surface area contributed by atoms with Gasteiger partial charge in [0.2, 0.25) is 0 Å². The second-order valence-corrected chi connectivity index (χ2v) is 9.17. The number of hydrogen-bond donors (Lipinski definition) is 2. The Labute approximate surface area is 193 Å². The smallest absolute Gasteiger partial charge is 0.305 e. The number of aliphatic hydroxyl groups is 2. The van der Waals surface area contributed by atoms with Crippen LogP contribution < -0.4 is 0 Å². The molecule has 186 valence electrons. The van der Waals surface area contributed by atoms with Crippen molar-refractivity contribution in [1.82, 2.24) is 0 Å². The first-order valence-electron chi connectivity index (χ1n) is 12.0. The van der Waals surface area contributed by atoms with E-state index < -0.39 is 17.8 Å². The van der Waals surface area contributed by atoms with Crippen molar-refractivity contribution < 1.29 is 34.0 Å². The van der Waals surface area contributed by atoms with Crippen LogP contribution in [0.2, 0.25) is 0 Å². The van der Waals surface area contributed by atoms with Gasteiger partial charge in [0.25, 0.3) is 0 Å². The van der Waals surface area contributed by atoms with Gasteiger partial charge in [-0.3, -0.25) is 9.59 Å². The maximum Gasteiger partial charge on any atom is 0.305 e. The fourth-order valence-corrected chi connectivity index (χ4v) is 4.54. The summed E-state index contributed by atoms with van der Waals surface area (Å²) < 4.78 is 15.8. The molecule has 6 atom stereocenters. The minimum Gasteiger partial charge on any atom is -0.469 e. The van der Waals surface area contributed by atoms with E-state index in [0.29, 0.717) is 12.8 Å². The van der Waals surface area contributed by atoms with Crippen LogP contribution in [0.4, 0.5) is 0 Å². The van der Waals surface area contributed by atoms with Crippen LogP contribution in [0.25, 0.3) is 0 Å². The number of hydrogen-bond acceptors (Lipinski definition) is 7. The highest BCUT2D eigenvalue weighted by molar-refractivity contribution is 5.69. The third-order valence-corrected chi connectivity index (χ3v) is 6.74. The van der Waals surface area contributed by atoms with Gasteiger partial charge in [-0.1, -0.05) is 51.2 Å². The third kappa shape index (κ3) is 9.20. The van der Waals surface area contributed by atoms with Crippen molar-refractivity contribution in [3.63, 3.8) is 0 Å². The average molecular weight is 457 g/mol. The standard InChI is InChI=1S/C25H44O7/c1-6-7-16-25(3,31-5)23(28)15-14-19-20(22(17-21(19)27)32-18(2)26)12-10-8-9-11-13-24(29)30-4/h14-15,19-23,27-28H,6-13,16-17H2,1-5H3/b15-14+/t19-,20-,21-,22+,23?,25?/m1/s1. The number of aliphatic hydroxyl groups excluding tert-OH is 2. The molecular formula is C25H44O7. The summed E-state index contributed by atoms with van der Waals surface area (Å²) in [6, 6.07) is 0. The van der Waals surface area contributed by atoms with Crippen LogP contribution in [0, 0.1) is 11.8 Å². The Bertz CT molecular complexity index is 591. The zero-order valence-electron chi connectivity index (χ0n) is 20.5. The quantitative estimate of drug-likeness (QED) is 0.219. The van der Waals surface area contributed by atoms with Crippen molar-refractivity contribution in [2.45, 2.75) is 109 Å². The van der Waals surface area contributed by atoms with Crippen LogP contribution in [0.1, 0.15) is 85.0 Å². The summed E-state index contributed by atoms with van der Waals surface area (Å²) in [7, 11) is 3.00. The number of ether oxygens (including phenoxy) is 3. The maximum absolute atomic E-state index is 11.6. The van der Waals surface area contributed by atoms with Crippen LogP contribution in [0.3, 0.4) is 0 Å². The van der Waals surface area contributed by atoms with Crippen LogP contribution >= 0.6 is 0 Å². The summed E-state index contributed by atoms with van der Waals surface area (Å²) >= 11 is 0. The third-order valence-electron chi connectivity index (χ3n) is 6.74. The van der Waals surface area contributed by atoms with Gasteiger partial charge >= 0.3 is 11.9 Å². The molecule has 0 heterocycles. The number of rotatable bonds is 15. The van der Waals surface area contributed by atoms with Gasteiger partial charge in [0, 0.05) is 38.7 Å². The van der Waals surface area contributed by atoms with Crippen molar-refractivity contribution in [3.05, 3.63) is 12.2 Å². The van der Waals surface area contributed by atoms with Crippen molar-refractivity contribution in [3.8, 4) is 0 Å². The SMILES string of the molecule is CCCCC(C)(OC)C(O)/C=C/[C@@H]1[C@@H](CCCCCCC(=O)OC)[C@@H](OC(C)=O)C[C@H]1O. The molecule has 0 bridgehead atoms. The van der Waals surface area contributed by atoms with Gasteiger partial charge in [-0.2, -0.15) is 0 Å². The molecule has 0 aromatic carbocycles. The highest BCUT2D eigenvalue weighted by atomic mass is 16.5. The van der Waals surface area contributed by atoms with Gasteiger partial charge in [0.05, 0.1) is 18.8 Å². The Balaban J connectivity index is 2.76. The van der Waals surface area contributed by atoms with E-state index in [-0.39, 0.29) is 29.9 Å². The molecule has 2 N–H and O–H groups in total. The molecule has 1 rings (SSSR count). The van der Waals surface area contributed by atoms with Crippen LogP contribution in [0.15, 0.2) is 12.2 Å². The first-order valence-corrected chi connectivity index (χ1v) is 12.0. The molecular weight excluding hydrogens is 412 g/mol. The van der Waals surface area contributed by atoms with Gasteiger partial charge in [0.1, 0.15) is 12.2 Å². The van der Waals surface area contributed by atoms with Gasteiger partial charge in [-0.15, -0.1) is 0 Å². The lowest BCUT2D eigenvalue weighted by Gasteiger charge is -2.32. The number of unbranched alkanes of at least 4 members (excludes halogenated alkanes) is 4. The highest BCUT2D eigenvalue weighted by Crippen LogP contribution is 2.39. The molecule has 0 saturated heterocycles. The Morgan fingerprint density at radius 3 is 2.44 bits per heavy atom. The number of esters is 2. The molecule has 1 aliphatic rings. The summed E-state index contributed by atoms with van der Waals surface area (Å²) in [5, 5.41) is 21.4. The molecule has 0 radical (unpaired) electrons. The Morgan fingerprint density at radius 2 is 1.84 bits per heavy atom. The molecule has 7 nitrogen and oxygen atoms in total. The summed E-state index contributed by atoms with van der Waals surface area (Å²) in [5.41, 5.74) is -0.680. The molecule has 1 fully saturated rings. The maximum atomic E-state index is 11.6. The lowest BCUT2D eigenvalue weighted by atomic mass is 9.86. The van der Waals surface area contributed by atoms with E-state index >= 15 is 0 Å². The first kappa shape index (κ1) is 28.6. The summed E-state index contributed by atoms with van der Waals surface area (Å²) in [6.45, 7) is 5.39. The lowest BCUT2D eigenvalue weighted by Crippen LogP contribution is -2.40. The molecule has 0 aromatic rings. The van der Waals surface area contributed by atoms with Crippen LogP contribution in [0.5, 0.6) is 0 Å². The van der Waals surface area contributed by atoms with Crippen molar-refractivity contribution >= 4 is 11.9 Å². The fourth-order valence-electron chi connectivity index (χ4n) is 4.54. The molecule has 7 heteroatoms. The topological polar surface area (TPSA) is 102 Å².